The van der Waals surface area contributed by atoms with Gasteiger partial charge in [0.15, 0.2) is 0 Å². The minimum absolute atomic E-state index is 0.470. The molecule has 0 saturated carbocycles. The second kappa shape index (κ2) is 10.9. The lowest BCUT2D eigenvalue weighted by Crippen LogP contribution is -2.19. The Kier molecular flexibility index (Phi) is 7.88. The predicted octanol–water partition coefficient (Wildman–Crippen LogP) is 5.76. The molecular formula is C24H2F10N4O2. The van der Waals surface area contributed by atoms with Crippen LogP contribution in [0.3, 0.4) is 0 Å². The molecule has 0 aliphatic rings. The fourth-order valence-electron chi connectivity index (χ4n) is 2.98. The molecule has 0 bridgehead atoms. The first-order valence-corrected chi connectivity index (χ1v) is 9.70. The van der Waals surface area contributed by atoms with Crippen LogP contribution in [-0.4, -0.2) is 0 Å². The zero-order chi connectivity index (χ0) is 30.0. The standard InChI is InChI=1S/C24H2F10N4O2/c1-37-8(5-35)7-3-10(39-23-19(31)15(27)13(25)16(28)20(23)32)12(9(6-36)38-2)11(4-7)40-24-21(33)17(29)14(26)18(30)22(24)34/h3-4H. The van der Waals surface area contributed by atoms with Gasteiger partial charge in [-0.05, 0) is 17.4 Å². The summed E-state index contributed by atoms with van der Waals surface area (Å²) in [6, 6.07) is 3.45. The molecule has 0 fully saturated rings. The van der Waals surface area contributed by atoms with Gasteiger partial charge in [0.2, 0.25) is 69.7 Å². The van der Waals surface area contributed by atoms with Crippen LogP contribution in [0.25, 0.3) is 21.1 Å². The van der Waals surface area contributed by atoms with Crippen LogP contribution in [0.5, 0.6) is 23.0 Å². The molecule has 0 amide bonds. The van der Waals surface area contributed by atoms with Crippen LogP contribution >= 0.6 is 0 Å². The lowest BCUT2D eigenvalue weighted by Gasteiger charge is -2.15. The number of benzene rings is 3. The molecule has 0 saturated heterocycles. The normalized spacial score (nSPS) is 10.2. The highest BCUT2D eigenvalue weighted by Gasteiger charge is 2.30. The highest BCUT2D eigenvalue weighted by Crippen LogP contribution is 2.35. The Morgan fingerprint density at radius 3 is 1.12 bits per heavy atom. The van der Waals surface area contributed by atoms with Gasteiger partial charge < -0.3 is 9.47 Å². The van der Waals surface area contributed by atoms with Crippen molar-refractivity contribution in [1.82, 2.24) is 0 Å². The average molecular weight is 568 g/mol. The van der Waals surface area contributed by atoms with E-state index in [4.69, 9.17) is 22.6 Å². The number of ether oxygens (including phenoxy) is 2. The Morgan fingerprint density at radius 2 is 0.850 bits per heavy atom. The highest BCUT2D eigenvalue weighted by molar-refractivity contribution is 5.72. The summed E-state index contributed by atoms with van der Waals surface area (Å²) in [6.45, 7) is 14.2. The summed E-state index contributed by atoms with van der Waals surface area (Å²) in [6.07, 6.45) is 0. The topological polar surface area (TPSA) is 74.8 Å². The van der Waals surface area contributed by atoms with E-state index >= 15 is 0 Å². The molecule has 16 heteroatoms. The molecule has 40 heavy (non-hydrogen) atoms. The molecule has 0 aromatic heterocycles. The molecule has 0 atom stereocenters. The summed E-state index contributed by atoms with van der Waals surface area (Å²) in [5, 5.41) is 16.6. The molecule has 3 rings (SSSR count). The second-order valence-electron chi connectivity index (χ2n) is 6.99. The maximum Gasteiger partial charge on any atom is 0.276 e. The third kappa shape index (κ3) is 4.66. The van der Waals surface area contributed by atoms with Gasteiger partial charge in [0.05, 0.1) is 30.5 Å². The van der Waals surface area contributed by atoms with Crippen molar-refractivity contribution in [2.45, 2.75) is 0 Å². The lowest BCUT2D eigenvalue weighted by molar-refractivity contribution is 0.324. The molecule has 3 aromatic rings. The first kappa shape index (κ1) is 28.8. The number of halogens is 10. The summed E-state index contributed by atoms with van der Waals surface area (Å²) in [5.41, 5.74) is -2.18. The zero-order valence-electron chi connectivity index (χ0n) is 18.5. The number of nitrogens with zero attached hydrogens (tertiary/aromatic N) is 4. The molecule has 0 spiro atoms. The van der Waals surface area contributed by atoms with Gasteiger partial charge in [0, 0.05) is 0 Å². The summed E-state index contributed by atoms with van der Waals surface area (Å²) in [4.78, 5) is 5.47. The number of rotatable bonds is 4. The van der Waals surface area contributed by atoms with Crippen LogP contribution in [0.15, 0.2) is 12.1 Å². The Morgan fingerprint density at radius 1 is 0.550 bits per heavy atom. The minimum Gasteiger partial charge on any atom is -0.452 e. The quantitative estimate of drug-likeness (QED) is 0.174. The first-order valence-electron chi connectivity index (χ1n) is 9.70. The maximum absolute atomic E-state index is 14.3. The molecular weight excluding hydrogens is 566 g/mol. The Labute approximate surface area is 214 Å². The van der Waals surface area contributed by atoms with Crippen LogP contribution in [-0.2, 0) is 0 Å². The van der Waals surface area contributed by atoms with Crippen LogP contribution in [0, 0.1) is 94.0 Å². The van der Waals surface area contributed by atoms with E-state index in [0.29, 0.717) is 12.1 Å². The molecule has 0 unspecified atom stereocenters. The molecule has 6 nitrogen and oxygen atoms in total. The molecule has 0 radical (unpaired) electrons. The summed E-state index contributed by atoms with van der Waals surface area (Å²) >= 11 is 0. The molecule has 0 N–H and O–H groups in total. The third-order valence-electron chi connectivity index (χ3n) is 4.77. The van der Waals surface area contributed by atoms with E-state index in [9.17, 15) is 54.4 Å². The van der Waals surface area contributed by atoms with Gasteiger partial charge in [-0.15, -0.1) is 0 Å². The number of hydrogen-bond donors (Lipinski definition) is 0. The van der Waals surface area contributed by atoms with Crippen molar-refractivity contribution in [1.29, 1.82) is 10.5 Å². The van der Waals surface area contributed by atoms with Gasteiger partial charge in [-0.3, -0.25) is 0 Å². The Hall–Kier alpha value is -5.74. The second-order valence-corrected chi connectivity index (χ2v) is 6.99. The van der Waals surface area contributed by atoms with Gasteiger partial charge in [-0.1, -0.05) is 0 Å². The largest absolute Gasteiger partial charge is 0.452 e. The monoisotopic (exact) mass is 568 g/mol. The van der Waals surface area contributed by atoms with E-state index in [0.717, 1.165) is 0 Å². The molecule has 0 heterocycles. The molecule has 3 aromatic carbocycles. The van der Waals surface area contributed by atoms with Crippen molar-refractivity contribution in [3.63, 3.8) is 0 Å². The third-order valence-corrected chi connectivity index (χ3v) is 4.77. The van der Waals surface area contributed by atoms with Crippen molar-refractivity contribution >= 4 is 11.4 Å². The van der Waals surface area contributed by atoms with Gasteiger partial charge in [-0.2, -0.15) is 17.6 Å². The van der Waals surface area contributed by atoms with Crippen LogP contribution in [0.1, 0.15) is 0 Å². The zero-order valence-corrected chi connectivity index (χ0v) is 18.5. The van der Waals surface area contributed by atoms with Crippen molar-refractivity contribution in [2.24, 2.45) is 0 Å². The van der Waals surface area contributed by atoms with Crippen molar-refractivity contribution in [3.05, 3.63) is 104 Å². The van der Waals surface area contributed by atoms with Crippen LogP contribution in [0.4, 0.5) is 43.9 Å². The van der Waals surface area contributed by atoms with E-state index in [-0.39, 0.29) is 0 Å². The summed E-state index contributed by atoms with van der Waals surface area (Å²) < 4.78 is 149. The number of hydrogen-bond acceptors (Lipinski definition) is 4. The summed E-state index contributed by atoms with van der Waals surface area (Å²) in [7, 11) is 0. The maximum atomic E-state index is 14.3. The lowest BCUT2D eigenvalue weighted by atomic mass is 10.1. The van der Waals surface area contributed by atoms with E-state index < -0.39 is 103 Å². The van der Waals surface area contributed by atoms with Crippen LogP contribution in [0.2, 0.25) is 0 Å². The highest BCUT2D eigenvalue weighted by atomic mass is 19.2. The van der Waals surface area contributed by atoms with E-state index in [1.165, 1.54) is 12.1 Å². The van der Waals surface area contributed by atoms with E-state index in [1.54, 1.807) is 0 Å². The van der Waals surface area contributed by atoms with Crippen molar-refractivity contribution < 1.29 is 53.4 Å². The van der Waals surface area contributed by atoms with Gasteiger partial charge >= 0.3 is 0 Å². The Balaban J connectivity index is 2.56. The fourth-order valence-corrected chi connectivity index (χ4v) is 2.98. The summed E-state index contributed by atoms with van der Waals surface area (Å²) in [5.74, 6) is -32.2. The minimum atomic E-state index is -2.61. The van der Waals surface area contributed by atoms with Gasteiger partial charge in [0.1, 0.15) is 11.5 Å². The smallest absolute Gasteiger partial charge is 0.276 e. The van der Waals surface area contributed by atoms with E-state index in [1.807, 2.05) is 0 Å². The van der Waals surface area contributed by atoms with E-state index in [2.05, 4.69) is 9.69 Å². The van der Waals surface area contributed by atoms with Crippen molar-refractivity contribution in [3.8, 4) is 35.1 Å². The molecule has 0 aliphatic heterocycles. The number of nitriles is 2. The predicted molar refractivity (Wildman–Crippen MR) is 110 cm³/mol. The van der Waals surface area contributed by atoms with Crippen LogP contribution < -0.4 is 19.9 Å². The first-order chi connectivity index (χ1) is 18.8. The molecule has 200 valence electrons. The van der Waals surface area contributed by atoms with Crippen molar-refractivity contribution in [2.75, 3.05) is 0 Å². The van der Waals surface area contributed by atoms with Gasteiger partial charge in [-0.25, -0.2) is 46.6 Å². The SMILES string of the molecule is [C-]#[N+]C(C#N)=c1cc(Oc2c(F)c(F)c(F)c(F)c2F)c(=C(C#N)[N+]#[C-])c(Oc2c(F)c(F)c(F)c(F)c2F)c1. The van der Waals surface area contributed by atoms with Gasteiger partial charge in [0.25, 0.3) is 11.4 Å². The Bertz CT molecular complexity index is 1730. The molecule has 0 aliphatic carbocycles. The fraction of sp³-hybridized carbons (Fsp3) is 0. The average Bonchev–Trinajstić information content (AvgIpc) is 2.95.